The quantitative estimate of drug-likeness (QED) is 0.691. The third-order valence-electron chi connectivity index (χ3n) is 1.67. The standard InChI is InChI=1S/C8H7F2NO2/c9-3-5-4(8(12)13)1-2-6(10)7(5)11/h1-2H,3,11H2,(H,12,13). The Hall–Kier alpha value is -1.65. The summed E-state index contributed by atoms with van der Waals surface area (Å²) in [5, 5.41) is 8.57. The minimum Gasteiger partial charge on any atom is -0.478 e. The van der Waals surface area contributed by atoms with E-state index in [1.807, 2.05) is 0 Å². The van der Waals surface area contributed by atoms with Crippen molar-refractivity contribution in [3.63, 3.8) is 0 Å². The highest BCUT2D eigenvalue weighted by atomic mass is 19.1. The topological polar surface area (TPSA) is 63.3 Å². The first kappa shape index (κ1) is 9.44. The van der Waals surface area contributed by atoms with Crippen LogP contribution in [0.4, 0.5) is 14.5 Å². The lowest BCUT2D eigenvalue weighted by Crippen LogP contribution is -2.06. The van der Waals surface area contributed by atoms with Crippen LogP contribution in [0, 0.1) is 5.82 Å². The number of carboxylic acids is 1. The minimum atomic E-state index is -1.32. The van der Waals surface area contributed by atoms with Crippen molar-refractivity contribution in [3.05, 3.63) is 29.1 Å². The number of carboxylic acid groups (broad SMARTS) is 1. The van der Waals surface area contributed by atoms with Crippen molar-refractivity contribution in [3.8, 4) is 0 Å². The van der Waals surface area contributed by atoms with E-state index >= 15 is 0 Å². The van der Waals surface area contributed by atoms with Crippen molar-refractivity contribution in [1.29, 1.82) is 0 Å². The van der Waals surface area contributed by atoms with Crippen LogP contribution in [0.2, 0.25) is 0 Å². The van der Waals surface area contributed by atoms with Crippen LogP contribution in [0.1, 0.15) is 15.9 Å². The van der Waals surface area contributed by atoms with Crippen molar-refractivity contribution in [2.24, 2.45) is 0 Å². The van der Waals surface area contributed by atoms with E-state index in [0.717, 1.165) is 12.1 Å². The summed E-state index contributed by atoms with van der Waals surface area (Å²) >= 11 is 0. The van der Waals surface area contributed by atoms with Crippen molar-refractivity contribution in [2.75, 3.05) is 5.73 Å². The van der Waals surface area contributed by atoms with Gasteiger partial charge >= 0.3 is 5.97 Å². The molecule has 0 unspecified atom stereocenters. The summed E-state index contributed by atoms with van der Waals surface area (Å²) in [4.78, 5) is 10.5. The van der Waals surface area contributed by atoms with Crippen LogP contribution in [0.25, 0.3) is 0 Å². The summed E-state index contributed by atoms with van der Waals surface area (Å²) in [6, 6.07) is 1.89. The number of anilines is 1. The Morgan fingerprint density at radius 3 is 2.62 bits per heavy atom. The molecule has 0 atom stereocenters. The van der Waals surface area contributed by atoms with Gasteiger partial charge in [0.2, 0.25) is 0 Å². The largest absolute Gasteiger partial charge is 0.478 e. The molecule has 70 valence electrons. The second kappa shape index (κ2) is 3.38. The second-order valence-electron chi connectivity index (χ2n) is 2.43. The Morgan fingerprint density at radius 2 is 2.15 bits per heavy atom. The molecule has 0 saturated heterocycles. The van der Waals surface area contributed by atoms with Gasteiger partial charge in [-0.05, 0) is 12.1 Å². The third kappa shape index (κ3) is 1.58. The molecule has 0 spiro atoms. The lowest BCUT2D eigenvalue weighted by atomic mass is 10.1. The highest BCUT2D eigenvalue weighted by Crippen LogP contribution is 2.21. The average Bonchev–Trinajstić information content (AvgIpc) is 2.09. The van der Waals surface area contributed by atoms with E-state index in [1.165, 1.54) is 0 Å². The number of aromatic carboxylic acids is 1. The Kier molecular flexibility index (Phi) is 2.46. The third-order valence-corrected chi connectivity index (χ3v) is 1.67. The van der Waals surface area contributed by atoms with Crippen LogP contribution in [-0.4, -0.2) is 11.1 Å². The molecule has 5 heteroatoms. The fourth-order valence-corrected chi connectivity index (χ4v) is 0.980. The first-order valence-corrected chi connectivity index (χ1v) is 3.44. The van der Waals surface area contributed by atoms with E-state index in [9.17, 15) is 13.6 Å². The van der Waals surface area contributed by atoms with Crippen LogP contribution < -0.4 is 5.73 Å². The van der Waals surface area contributed by atoms with Crippen LogP contribution in [-0.2, 0) is 6.67 Å². The van der Waals surface area contributed by atoms with E-state index in [2.05, 4.69) is 0 Å². The molecule has 3 nitrogen and oxygen atoms in total. The first-order valence-electron chi connectivity index (χ1n) is 3.44. The number of nitrogens with two attached hydrogens (primary N) is 1. The minimum absolute atomic E-state index is 0.304. The molecule has 3 N–H and O–H groups in total. The highest BCUT2D eigenvalue weighted by Gasteiger charge is 2.15. The van der Waals surface area contributed by atoms with E-state index < -0.39 is 24.1 Å². The number of rotatable bonds is 2. The van der Waals surface area contributed by atoms with Crippen LogP contribution >= 0.6 is 0 Å². The molecule has 0 heterocycles. The van der Waals surface area contributed by atoms with Gasteiger partial charge in [0.05, 0.1) is 11.3 Å². The Bertz CT molecular complexity index is 352. The Labute approximate surface area is 72.8 Å². The van der Waals surface area contributed by atoms with Gasteiger partial charge in [0, 0.05) is 5.56 Å². The summed E-state index contributed by atoms with van der Waals surface area (Å²) < 4.78 is 25.0. The molecule has 0 radical (unpaired) electrons. The van der Waals surface area contributed by atoms with Gasteiger partial charge in [0.15, 0.2) is 0 Å². The average molecular weight is 187 g/mol. The van der Waals surface area contributed by atoms with Crippen LogP contribution in [0.3, 0.4) is 0 Å². The number of hydrogen-bond acceptors (Lipinski definition) is 2. The van der Waals surface area contributed by atoms with Crippen molar-refractivity contribution >= 4 is 11.7 Å². The summed E-state index contributed by atoms with van der Waals surface area (Å²) in [6.45, 7) is -1.09. The second-order valence-corrected chi connectivity index (χ2v) is 2.43. The zero-order chi connectivity index (χ0) is 10.0. The number of carbonyl (C=O) groups is 1. The lowest BCUT2D eigenvalue weighted by molar-refractivity contribution is 0.0695. The Morgan fingerprint density at radius 1 is 1.54 bits per heavy atom. The molecular formula is C8H7F2NO2. The number of hydrogen-bond donors (Lipinski definition) is 2. The number of alkyl halides is 1. The molecular weight excluding hydrogens is 180 g/mol. The number of halogens is 2. The first-order chi connectivity index (χ1) is 6.07. The van der Waals surface area contributed by atoms with E-state index in [0.29, 0.717) is 0 Å². The molecule has 1 aromatic carbocycles. The van der Waals surface area contributed by atoms with Crippen molar-refractivity contribution < 1.29 is 18.7 Å². The van der Waals surface area contributed by atoms with Crippen molar-refractivity contribution in [2.45, 2.75) is 6.67 Å². The Balaban J connectivity index is 3.38. The van der Waals surface area contributed by atoms with E-state index in [4.69, 9.17) is 10.8 Å². The maximum atomic E-state index is 12.7. The predicted molar refractivity (Wildman–Crippen MR) is 42.6 cm³/mol. The molecule has 1 aromatic rings. The SMILES string of the molecule is Nc1c(F)ccc(C(=O)O)c1CF. The van der Waals surface area contributed by atoms with Gasteiger partial charge in [0.1, 0.15) is 12.5 Å². The summed E-state index contributed by atoms with van der Waals surface area (Å²) in [7, 11) is 0. The van der Waals surface area contributed by atoms with Gasteiger partial charge in [0.25, 0.3) is 0 Å². The number of benzene rings is 1. The van der Waals surface area contributed by atoms with Gasteiger partial charge < -0.3 is 10.8 Å². The zero-order valence-electron chi connectivity index (χ0n) is 6.55. The zero-order valence-corrected chi connectivity index (χ0v) is 6.55. The fourth-order valence-electron chi connectivity index (χ4n) is 0.980. The van der Waals surface area contributed by atoms with E-state index in [1.54, 1.807) is 0 Å². The molecule has 0 aliphatic rings. The molecule has 0 aliphatic heterocycles. The monoisotopic (exact) mass is 187 g/mol. The smallest absolute Gasteiger partial charge is 0.336 e. The van der Waals surface area contributed by atoms with Gasteiger partial charge in [-0.2, -0.15) is 0 Å². The number of nitrogen functional groups attached to an aromatic ring is 1. The van der Waals surface area contributed by atoms with Gasteiger partial charge in [-0.3, -0.25) is 0 Å². The molecule has 0 bridgehead atoms. The maximum absolute atomic E-state index is 12.7. The molecule has 0 aliphatic carbocycles. The van der Waals surface area contributed by atoms with Crippen molar-refractivity contribution in [1.82, 2.24) is 0 Å². The summed E-state index contributed by atoms with van der Waals surface area (Å²) in [6.07, 6.45) is 0. The van der Waals surface area contributed by atoms with E-state index in [-0.39, 0.29) is 11.1 Å². The molecule has 0 saturated carbocycles. The van der Waals surface area contributed by atoms with Gasteiger partial charge in [-0.1, -0.05) is 0 Å². The predicted octanol–water partition coefficient (Wildman–Crippen LogP) is 1.58. The maximum Gasteiger partial charge on any atom is 0.336 e. The lowest BCUT2D eigenvalue weighted by Gasteiger charge is -2.05. The van der Waals surface area contributed by atoms with Gasteiger partial charge in [-0.15, -0.1) is 0 Å². The molecule has 0 fully saturated rings. The highest BCUT2D eigenvalue weighted by molar-refractivity contribution is 5.91. The molecule has 0 aromatic heterocycles. The fraction of sp³-hybridized carbons (Fsp3) is 0.125. The molecule has 1 rings (SSSR count). The summed E-state index contributed by atoms with van der Waals surface area (Å²) in [5.41, 5.74) is 4.09. The molecule has 0 amide bonds. The van der Waals surface area contributed by atoms with Crippen LogP contribution in [0.15, 0.2) is 12.1 Å². The molecule has 13 heavy (non-hydrogen) atoms. The van der Waals surface area contributed by atoms with Gasteiger partial charge in [-0.25, -0.2) is 13.6 Å². The van der Waals surface area contributed by atoms with Crippen LogP contribution in [0.5, 0.6) is 0 Å². The normalized spacial score (nSPS) is 10.0. The summed E-state index contributed by atoms with van der Waals surface area (Å²) in [5.74, 6) is -2.13.